The van der Waals surface area contributed by atoms with Crippen molar-refractivity contribution in [2.24, 2.45) is 0 Å². The number of halogens is 2. The van der Waals surface area contributed by atoms with Crippen molar-refractivity contribution in [3.05, 3.63) is 0 Å². The summed E-state index contributed by atoms with van der Waals surface area (Å²) in [4.78, 5) is 23.2. The van der Waals surface area contributed by atoms with Gasteiger partial charge in [-0.2, -0.15) is 0 Å². The van der Waals surface area contributed by atoms with Crippen LogP contribution in [0.2, 0.25) is 1.41 Å². The summed E-state index contributed by atoms with van der Waals surface area (Å²) in [6, 6.07) is -1.25. The highest BCUT2D eigenvalue weighted by atomic mass is 35.5. The molecular weight excluding hydrogens is 319 g/mol. The SMILES string of the molecule is Cl.[2H]C([2H])(C(=O)O)[C@H]1CCCN1C.[2H]Cl.[2H]OC(=O)C([2H])([2H])[C@H]1CCCN1[2H]. The Balaban J connectivity index is 0. The normalized spacial score (nSPS) is 30.9. The molecular formula is C13H26Cl2N2O4. The van der Waals surface area contributed by atoms with Crippen LogP contribution in [0.25, 0.3) is 1.43 Å². The molecule has 8 heteroatoms. The van der Waals surface area contributed by atoms with Crippen molar-refractivity contribution >= 4 is 36.7 Å². The Bertz CT molecular complexity index is 506. The third-order valence-electron chi connectivity index (χ3n) is 3.08. The van der Waals surface area contributed by atoms with Crippen LogP contribution in [0, 0.1) is 0 Å². The number of nitrogens with zero attached hydrogens (tertiary/aromatic N) is 1. The van der Waals surface area contributed by atoms with Gasteiger partial charge in [-0.15, -0.1) is 24.7 Å². The number of hydrogen-bond donors (Lipinski definition) is 3. The molecule has 21 heavy (non-hydrogen) atoms. The molecule has 0 aromatic heterocycles. The molecule has 0 bridgehead atoms. The molecule has 2 aliphatic rings. The Morgan fingerprint density at radius 3 is 2.52 bits per heavy atom. The summed E-state index contributed by atoms with van der Waals surface area (Å²) in [6.45, 7) is 1.24. The van der Waals surface area contributed by atoms with Crippen molar-refractivity contribution in [1.29, 1.82) is 2.60 Å². The molecule has 2 rings (SSSR count). The van der Waals surface area contributed by atoms with Crippen molar-refractivity contribution in [1.82, 2.24) is 10.2 Å². The number of carbonyl (C=O) groups is 2. The first-order valence-corrected chi connectivity index (χ1v) is 6.33. The molecule has 2 aliphatic heterocycles. The third kappa shape index (κ3) is 9.90. The van der Waals surface area contributed by atoms with Gasteiger partial charge in [0.2, 0.25) is 0 Å². The zero-order chi connectivity index (χ0) is 21.4. The van der Waals surface area contributed by atoms with Gasteiger partial charge >= 0.3 is 11.9 Å². The van der Waals surface area contributed by atoms with E-state index >= 15 is 0 Å². The van der Waals surface area contributed by atoms with Crippen LogP contribution in [0.5, 0.6) is 0 Å². The van der Waals surface area contributed by atoms with Gasteiger partial charge in [-0.05, 0) is 45.8 Å². The fourth-order valence-corrected chi connectivity index (χ4v) is 2.11. The van der Waals surface area contributed by atoms with E-state index in [0.717, 1.165) is 18.3 Å². The van der Waals surface area contributed by atoms with Gasteiger partial charge in [0.15, 0.2) is 0 Å². The number of likely N-dealkylation sites (tertiary alicyclic amines) is 1. The van der Waals surface area contributed by atoms with Crippen LogP contribution in [-0.2, 0) is 9.59 Å². The second kappa shape index (κ2) is 12.0. The summed E-state index contributed by atoms with van der Waals surface area (Å²) in [5.74, 6) is -2.59. The van der Waals surface area contributed by atoms with Crippen LogP contribution in [0.3, 0.4) is 0 Å². The zero-order valence-corrected chi connectivity index (χ0v) is 13.3. The number of aliphatic carboxylic acids is 2. The van der Waals surface area contributed by atoms with Crippen molar-refractivity contribution < 1.29 is 26.7 Å². The highest BCUT2D eigenvalue weighted by Crippen LogP contribution is 2.17. The van der Waals surface area contributed by atoms with Gasteiger partial charge in [0.25, 0.3) is 1.43 Å². The lowest BCUT2D eigenvalue weighted by atomic mass is 10.1. The van der Waals surface area contributed by atoms with E-state index in [0.29, 0.717) is 25.8 Å². The molecule has 3 N–H and O–H groups in total. The van der Waals surface area contributed by atoms with Crippen LogP contribution >= 0.6 is 24.7 Å². The molecule has 126 valence electrons. The largest absolute Gasteiger partial charge is 0.481 e. The van der Waals surface area contributed by atoms with Crippen LogP contribution in [0.15, 0.2) is 0 Å². The number of carboxylic acid groups (broad SMARTS) is 2. The van der Waals surface area contributed by atoms with Gasteiger partial charge < -0.3 is 20.4 Å². The fraction of sp³-hybridized carbons (Fsp3) is 0.846. The van der Waals surface area contributed by atoms with Crippen molar-refractivity contribution in [3.8, 4) is 0 Å². The molecule has 0 aromatic rings. The predicted molar refractivity (Wildman–Crippen MR) is 85.7 cm³/mol. The van der Waals surface area contributed by atoms with E-state index in [1.165, 1.54) is 0 Å². The Hall–Kier alpha value is -0.560. The van der Waals surface area contributed by atoms with Crippen LogP contribution < -0.4 is 5.31 Å². The van der Waals surface area contributed by atoms with Gasteiger partial charge in [0.05, 0.1) is 12.7 Å². The van der Waals surface area contributed by atoms with E-state index in [1.807, 2.05) is 0 Å². The smallest absolute Gasteiger partial charge is 0.304 e. The molecule has 0 amide bonds. The van der Waals surface area contributed by atoms with Crippen LogP contribution in [-0.4, -0.2) is 60.4 Å². The first kappa shape index (κ1) is 11.9. The number of rotatable bonds is 4. The monoisotopic (exact) mass is 351 g/mol. The second-order valence-corrected chi connectivity index (χ2v) is 4.58. The average Bonchev–Trinajstić information content (AvgIpc) is 3.25. The Kier molecular flexibility index (Phi) is 6.84. The molecule has 2 heterocycles. The number of nitrogens with one attached hydrogen (secondary N) is 1. The summed E-state index contributed by atoms with van der Waals surface area (Å²) in [7, 11) is 1.76. The molecule has 0 radical (unpaired) electrons. The van der Waals surface area contributed by atoms with E-state index in [1.54, 1.807) is 11.9 Å². The molecule has 2 fully saturated rings. The topological polar surface area (TPSA) is 89.9 Å². The predicted octanol–water partition coefficient (Wildman–Crippen LogP) is 1.61. The first-order chi connectivity index (χ1) is 12.5. The van der Waals surface area contributed by atoms with E-state index < -0.39 is 36.8 Å². The lowest BCUT2D eigenvalue weighted by Gasteiger charge is -2.16. The number of hydrogen-bond acceptors (Lipinski definition) is 5. The molecule has 2 atom stereocenters. The summed E-state index contributed by atoms with van der Waals surface area (Å²) < 4.78 is 48.3. The highest BCUT2D eigenvalue weighted by Gasteiger charge is 2.22. The van der Waals surface area contributed by atoms with E-state index in [9.17, 15) is 9.59 Å². The number of carboxylic acids is 2. The molecule has 2 saturated heterocycles. The lowest BCUT2D eigenvalue weighted by molar-refractivity contribution is -0.138. The minimum Gasteiger partial charge on any atom is -0.481 e. The molecule has 0 unspecified atom stereocenters. The minimum atomic E-state index is -2.25. The molecule has 6 nitrogen and oxygen atoms in total. The van der Waals surface area contributed by atoms with Gasteiger partial charge in [0.1, 0.15) is 2.58 Å². The molecule has 0 aliphatic carbocycles. The summed E-state index contributed by atoms with van der Waals surface area (Å²) in [6.07, 6.45) is -1.69. The maximum atomic E-state index is 10.9. The third-order valence-corrected chi connectivity index (χ3v) is 3.08. The highest BCUT2D eigenvalue weighted by molar-refractivity contribution is 5.85. The van der Waals surface area contributed by atoms with Gasteiger partial charge in [-0.1, -0.05) is 0 Å². The lowest BCUT2D eigenvalue weighted by Crippen LogP contribution is -2.27. The Labute approximate surface area is 147 Å². The zero-order valence-electron chi connectivity index (χ0n) is 18.7. The molecule has 0 aromatic carbocycles. The molecule has 0 spiro atoms. The summed E-state index contributed by atoms with van der Waals surface area (Å²) in [5, 5.41) is 13.3. The first-order valence-electron chi connectivity index (χ1n) is 9.56. The van der Waals surface area contributed by atoms with Gasteiger partial charge in [0, 0.05) is 17.6 Å². The average molecular weight is 352 g/mol. The maximum absolute atomic E-state index is 10.9. The van der Waals surface area contributed by atoms with Gasteiger partial charge in [-0.25, -0.2) is 0 Å². The van der Waals surface area contributed by atoms with E-state index in [2.05, 4.69) is 17.4 Å². The van der Waals surface area contributed by atoms with Gasteiger partial charge in [-0.3, -0.25) is 9.59 Å². The maximum Gasteiger partial charge on any atom is 0.304 e. The summed E-state index contributed by atoms with van der Waals surface area (Å²) in [5.41, 5.74) is 0. The quantitative estimate of drug-likeness (QED) is 0.712. The van der Waals surface area contributed by atoms with Crippen LogP contribution in [0.4, 0.5) is 0 Å². The van der Waals surface area contributed by atoms with Crippen molar-refractivity contribution in [2.45, 2.75) is 50.5 Å². The Morgan fingerprint density at radius 1 is 1.38 bits per heavy atom. The Morgan fingerprint density at radius 2 is 2.10 bits per heavy atom. The van der Waals surface area contributed by atoms with Crippen molar-refractivity contribution in [2.75, 3.05) is 20.1 Å². The minimum absolute atomic E-state index is 0. The van der Waals surface area contributed by atoms with E-state index in [4.69, 9.17) is 14.6 Å². The standard InChI is InChI=1S/C7H13NO2.C6H11NO2.2ClH/c1-8-4-2-3-6(8)5-7(9)10;8-6(9)4-5-2-1-3-7-5;;/h6H,2-5H2,1H3,(H,9,10);5,7H,1-4H2,(H,8,9);2*1H/t6-;5-;;/m11../s1/i5D2;4D2;;/hD3. The van der Waals surface area contributed by atoms with E-state index in [-0.39, 0.29) is 12.4 Å². The fourth-order valence-electron chi connectivity index (χ4n) is 2.11. The van der Waals surface area contributed by atoms with Crippen LogP contribution in [0.1, 0.15) is 43.9 Å². The van der Waals surface area contributed by atoms with Crippen molar-refractivity contribution in [3.63, 3.8) is 0 Å². The molecule has 0 saturated carbocycles. The second-order valence-electron chi connectivity index (χ2n) is 4.58. The summed E-state index contributed by atoms with van der Waals surface area (Å²) >= 11 is 3.89.